The molecule has 6 heteroatoms. The third-order valence-corrected chi connectivity index (χ3v) is 6.74. The predicted octanol–water partition coefficient (Wildman–Crippen LogP) is 5.25. The lowest BCUT2D eigenvalue weighted by Crippen LogP contribution is -2.41. The highest BCUT2D eigenvalue weighted by Crippen LogP contribution is 2.28. The number of hydrogen-bond acceptors (Lipinski definition) is 4. The third kappa shape index (κ3) is 5.08. The molecule has 0 bridgehead atoms. The number of anilines is 1. The number of pyridine rings is 1. The number of rotatable bonds is 4. The van der Waals surface area contributed by atoms with E-state index in [9.17, 15) is 4.79 Å². The van der Waals surface area contributed by atoms with Crippen LogP contribution < -0.4 is 5.32 Å². The summed E-state index contributed by atoms with van der Waals surface area (Å²) in [5.41, 5.74) is 6.44. The molecule has 5 nitrogen and oxygen atoms in total. The van der Waals surface area contributed by atoms with E-state index < -0.39 is 0 Å². The Bertz CT molecular complexity index is 1160. The summed E-state index contributed by atoms with van der Waals surface area (Å²) in [5.74, 6) is -0.207. The second-order valence-electron chi connectivity index (χ2n) is 8.68. The molecule has 0 radical (unpaired) electrons. The molecule has 2 aliphatic rings. The smallest absolute Gasteiger partial charge is 0.274 e. The summed E-state index contributed by atoms with van der Waals surface area (Å²) in [5, 5.41) is 11.9. The fourth-order valence-corrected chi connectivity index (χ4v) is 4.57. The van der Waals surface area contributed by atoms with Gasteiger partial charge in [0, 0.05) is 36.6 Å². The Kier molecular flexibility index (Phi) is 7.08. The lowest BCUT2D eigenvalue weighted by atomic mass is 9.91. The van der Waals surface area contributed by atoms with Gasteiger partial charge in [-0.05, 0) is 72.7 Å². The first-order valence-electron chi connectivity index (χ1n) is 11.3. The molecule has 1 N–H and O–H groups in total. The molecule has 0 unspecified atom stereocenters. The van der Waals surface area contributed by atoms with Crippen LogP contribution in [0, 0.1) is 11.3 Å². The average Bonchev–Trinajstić information content (AvgIpc) is 3.00. The van der Waals surface area contributed by atoms with Crippen molar-refractivity contribution < 1.29 is 4.79 Å². The fourth-order valence-electron chi connectivity index (χ4n) is 4.57. The number of fused-ring (bicyclic) bond motifs is 1. The summed E-state index contributed by atoms with van der Waals surface area (Å²) < 4.78 is 0. The van der Waals surface area contributed by atoms with Crippen molar-refractivity contribution in [3.05, 3.63) is 83.2 Å². The number of nitrogens with one attached hydrogen (secondary N) is 1. The Morgan fingerprint density at radius 2 is 1.70 bits per heavy atom. The van der Waals surface area contributed by atoms with E-state index in [1.54, 1.807) is 24.4 Å². The molecular formula is C27H27ClN4O. The molecular weight excluding hydrogens is 432 g/mol. The Hall–Kier alpha value is -3.20. The van der Waals surface area contributed by atoms with Crippen molar-refractivity contribution in [1.82, 2.24) is 9.88 Å². The van der Waals surface area contributed by atoms with Crippen molar-refractivity contribution in [2.24, 2.45) is 0 Å². The van der Waals surface area contributed by atoms with Gasteiger partial charge in [-0.15, -0.1) is 12.4 Å². The van der Waals surface area contributed by atoms with Crippen LogP contribution in [0.3, 0.4) is 0 Å². The zero-order valence-electron chi connectivity index (χ0n) is 18.5. The van der Waals surface area contributed by atoms with Crippen molar-refractivity contribution in [2.45, 2.75) is 38.1 Å². The minimum Gasteiger partial charge on any atom is -0.321 e. The zero-order chi connectivity index (χ0) is 21.9. The maximum absolute atomic E-state index is 12.8. The number of benzene rings is 2. The average molecular weight is 459 g/mol. The van der Waals surface area contributed by atoms with Gasteiger partial charge < -0.3 is 5.32 Å². The molecule has 2 heterocycles. The van der Waals surface area contributed by atoms with Crippen LogP contribution in [0.4, 0.5) is 5.69 Å². The highest BCUT2D eigenvalue weighted by atomic mass is 35.5. The standard InChI is InChI=1S/C27H26N4O.ClH/c28-17-19-4-6-20(7-5-19)23-9-11-26(29-18-23)27(32)30-24-10-8-21-12-14-31(25-2-1-3-25)15-13-22(21)16-24;/h4-11,16,18,25H,1-3,12-15H2,(H,30,32);1H. The van der Waals surface area contributed by atoms with Crippen molar-refractivity contribution in [2.75, 3.05) is 18.4 Å². The maximum atomic E-state index is 12.8. The maximum Gasteiger partial charge on any atom is 0.274 e. The van der Waals surface area contributed by atoms with E-state index >= 15 is 0 Å². The minimum absolute atomic E-state index is 0. The number of carbonyl (C=O) groups is 1. The normalized spacial score (nSPS) is 15.8. The van der Waals surface area contributed by atoms with E-state index in [1.165, 1.54) is 30.4 Å². The number of hydrogen-bond donors (Lipinski definition) is 1. The monoisotopic (exact) mass is 458 g/mol. The van der Waals surface area contributed by atoms with Crippen LogP contribution in [0.25, 0.3) is 11.1 Å². The largest absolute Gasteiger partial charge is 0.321 e. The molecule has 1 aliphatic carbocycles. The van der Waals surface area contributed by atoms with Gasteiger partial charge in [-0.3, -0.25) is 14.7 Å². The Morgan fingerprint density at radius 3 is 2.33 bits per heavy atom. The van der Waals surface area contributed by atoms with E-state index in [0.29, 0.717) is 11.3 Å². The summed E-state index contributed by atoms with van der Waals surface area (Å²) in [6.45, 7) is 2.24. The number of nitriles is 1. The molecule has 0 atom stereocenters. The number of nitrogens with zero attached hydrogens (tertiary/aromatic N) is 3. The summed E-state index contributed by atoms with van der Waals surface area (Å²) in [6.07, 6.45) is 7.86. The van der Waals surface area contributed by atoms with E-state index in [4.69, 9.17) is 5.26 Å². The molecule has 0 spiro atoms. The van der Waals surface area contributed by atoms with Gasteiger partial charge in [-0.2, -0.15) is 5.26 Å². The number of carbonyl (C=O) groups excluding carboxylic acids is 1. The highest BCUT2D eigenvalue weighted by molar-refractivity contribution is 6.03. The highest BCUT2D eigenvalue weighted by Gasteiger charge is 2.26. The topological polar surface area (TPSA) is 69.0 Å². The van der Waals surface area contributed by atoms with Crippen LogP contribution >= 0.6 is 12.4 Å². The van der Waals surface area contributed by atoms with E-state index in [2.05, 4.69) is 33.4 Å². The van der Waals surface area contributed by atoms with Crippen molar-refractivity contribution >= 4 is 24.0 Å². The van der Waals surface area contributed by atoms with Gasteiger partial charge in [-0.25, -0.2) is 0 Å². The summed E-state index contributed by atoms with van der Waals surface area (Å²) in [4.78, 5) is 19.7. The predicted molar refractivity (Wildman–Crippen MR) is 133 cm³/mol. The molecule has 5 rings (SSSR count). The lowest BCUT2D eigenvalue weighted by Gasteiger charge is -2.36. The zero-order valence-corrected chi connectivity index (χ0v) is 19.3. The minimum atomic E-state index is -0.207. The molecule has 33 heavy (non-hydrogen) atoms. The molecule has 1 aliphatic heterocycles. The fraction of sp³-hybridized carbons (Fsp3) is 0.296. The molecule has 1 saturated carbocycles. The SMILES string of the molecule is Cl.N#Cc1ccc(-c2ccc(C(=O)Nc3ccc4c(c3)CCN(C3CCC3)CC4)nc2)cc1. The molecule has 2 aromatic carbocycles. The number of aromatic nitrogens is 1. The van der Waals surface area contributed by atoms with Gasteiger partial charge in [0.1, 0.15) is 5.69 Å². The van der Waals surface area contributed by atoms with Gasteiger partial charge in [0.25, 0.3) is 5.91 Å². The summed E-state index contributed by atoms with van der Waals surface area (Å²) in [6, 6.07) is 20.1. The van der Waals surface area contributed by atoms with Crippen molar-refractivity contribution in [3.63, 3.8) is 0 Å². The third-order valence-electron chi connectivity index (χ3n) is 6.74. The van der Waals surface area contributed by atoms with Crippen LogP contribution in [-0.2, 0) is 12.8 Å². The molecule has 1 aromatic heterocycles. The second kappa shape index (κ2) is 10.2. The molecule has 3 aromatic rings. The van der Waals surface area contributed by atoms with Crippen LogP contribution in [0.5, 0.6) is 0 Å². The van der Waals surface area contributed by atoms with Crippen LogP contribution in [-0.4, -0.2) is 34.9 Å². The van der Waals surface area contributed by atoms with E-state index in [1.807, 2.05) is 24.3 Å². The van der Waals surface area contributed by atoms with Gasteiger partial charge in [0.2, 0.25) is 0 Å². The number of amides is 1. The number of halogens is 1. The van der Waals surface area contributed by atoms with Gasteiger partial charge in [-0.1, -0.05) is 30.7 Å². The molecule has 1 amide bonds. The van der Waals surface area contributed by atoms with Gasteiger partial charge in [0.05, 0.1) is 11.6 Å². The lowest BCUT2D eigenvalue weighted by molar-refractivity contribution is 0.102. The van der Waals surface area contributed by atoms with Gasteiger partial charge >= 0.3 is 0 Å². The van der Waals surface area contributed by atoms with Crippen molar-refractivity contribution in [1.29, 1.82) is 5.26 Å². The Labute approximate surface area is 200 Å². The van der Waals surface area contributed by atoms with E-state index in [0.717, 1.165) is 48.8 Å². The molecule has 1 fully saturated rings. The van der Waals surface area contributed by atoms with Crippen molar-refractivity contribution in [3.8, 4) is 17.2 Å². The van der Waals surface area contributed by atoms with E-state index in [-0.39, 0.29) is 18.3 Å². The first-order chi connectivity index (χ1) is 15.7. The van der Waals surface area contributed by atoms with Crippen LogP contribution in [0.15, 0.2) is 60.8 Å². The summed E-state index contributed by atoms with van der Waals surface area (Å²) in [7, 11) is 0. The Balaban J connectivity index is 0.00000259. The quantitative estimate of drug-likeness (QED) is 0.579. The Morgan fingerprint density at radius 1 is 0.970 bits per heavy atom. The first-order valence-corrected chi connectivity index (χ1v) is 11.3. The first kappa shape index (κ1) is 23.0. The van der Waals surface area contributed by atoms with Crippen LogP contribution in [0.2, 0.25) is 0 Å². The molecule has 168 valence electrons. The van der Waals surface area contributed by atoms with Crippen LogP contribution in [0.1, 0.15) is 46.4 Å². The second-order valence-corrected chi connectivity index (χ2v) is 8.68. The molecule has 0 saturated heterocycles. The summed E-state index contributed by atoms with van der Waals surface area (Å²) >= 11 is 0. The van der Waals surface area contributed by atoms with Gasteiger partial charge in [0.15, 0.2) is 0 Å².